The molecule has 0 aromatic heterocycles. The highest BCUT2D eigenvalue weighted by Crippen LogP contribution is 2.37. The minimum Gasteiger partial charge on any atom is -0.469 e. The van der Waals surface area contributed by atoms with Gasteiger partial charge in [-0.15, -0.1) is 0 Å². The number of esters is 1. The first-order valence-electron chi connectivity index (χ1n) is 4.04. The lowest BCUT2D eigenvalue weighted by Gasteiger charge is -2.10. The van der Waals surface area contributed by atoms with Crippen LogP contribution in [0.1, 0.15) is 19.3 Å². The van der Waals surface area contributed by atoms with Crippen LogP contribution in [-0.2, 0) is 9.53 Å². The monoisotopic (exact) mass is 157 g/mol. The fourth-order valence-electron chi connectivity index (χ4n) is 1.31. The maximum Gasteiger partial charge on any atom is 0.305 e. The molecule has 1 aliphatic carbocycles. The Morgan fingerprint density at radius 3 is 2.73 bits per heavy atom. The average molecular weight is 157 g/mol. The first kappa shape index (κ1) is 8.53. The van der Waals surface area contributed by atoms with Gasteiger partial charge in [-0.05, 0) is 31.2 Å². The molecule has 0 bridgehead atoms. The Hall–Kier alpha value is -0.570. The molecule has 0 saturated heterocycles. The molecule has 1 aliphatic rings. The molecule has 0 heterocycles. The molecule has 0 aromatic carbocycles. The largest absolute Gasteiger partial charge is 0.469 e. The Bertz CT molecular complexity index is 143. The molecule has 0 unspecified atom stereocenters. The number of hydrogen-bond acceptors (Lipinski definition) is 3. The molecule has 1 fully saturated rings. The number of methoxy groups -OCH3 is 1. The second-order valence-electron chi connectivity index (χ2n) is 3.11. The van der Waals surface area contributed by atoms with Crippen LogP contribution in [0.2, 0.25) is 0 Å². The van der Waals surface area contributed by atoms with Crippen LogP contribution in [0.15, 0.2) is 0 Å². The zero-order chi connectivity index (χ0) is 8.27. The summed E-state index contributed by atoms with van der Waals surface area (Å²) >= 11 is 0. The molecule has 3 nitrogen and oxygen atoms in total. The van der Waals surface area contributed by atoms with Crippen LogP contribution in [0.25, 0.3) is 0 Å². The van der Waals surface area contributed by atoms with Gasteiger partial charge in [0.25, 0.3) is 0 Å². The number of hydrogen-bond donors (Lipinski definition) is 1. The van der Waals surface area contributed by atoms with Crippen LogP contribution in [0.3, 0.4) is 0 Å². The summed E-state index contributed by atoms with van der Waals surface area (Å²) in [6.45, 7) is 0.611. The van der Waals surface area contributed by atoms with Gasteiger partial charge >= 0.3 is 5.97 Å². The van der Waals surface area contributed by atoms with E-state index in [4.69, 9.17) is 5.73 Å². The molecule has 0 radical (unpaired) electrons. The molecule has 1 rings (SSSR count). The SMILES string of the molecule is COC(=O)C[C@@H](CN)C1CC1. The van der Waals surface area contributed by atoms with Crippen molar-refractivity contribution in [2.45, 2.75) is 19.3 Å². The Morgan fingerprint density at radius 2 is 2.36 bits per heavy atom. The lowest BCUT2D eigenvalue weighted by molar-refractivity contribution is -0.141. The standard InChI is InChI=1S/C8H15NO2/c1-11-8(10)4-7(5-9)6-2-3-6/h6-7H,2-5,9H2,1H3/t7-/m0/s1. The number of carbonyl (C=O) groups excluding carboxylic acids is 1. The predicted molar refractivity (Wildman–Crippen MR) is 41.9 cm³/mol. The van der Waals surface area contributed by atoms with E-state index in [1.807, 2.05) is 0 Å². The molecule has 11 heavy (non-hydrogen) atoms. The number of nitrogens with two attached hydrogens (primary N) is 1. The summed E-state index contributed by atoms with van der Waals surface area (Å²) in [4.78, 5) is 10.8. The van der Waals surface area contributed by atoms with Gasteiger partial charge in [0.15, 0.2) is 0 Å². The molecule has 3 heteroatoms. The summed E-state index contributed by atoms with van der Waals surface area (Å²) < 4.78 is 4.57. The van der Waals surface area contributed by atoms with E-state index < -0.39 is 0 Å². The van der Waals surface area contributed by atoms with Gasteiger partial charge in [0.2, 0.25) is 0 Å². The fraction of sp³-hybridized carbons (Fsp3) is 0.875. The van der Waals surface area contributed by atoms with Crippen LogP contribution < -0.4 is 5.73 Å². The van der Waals surface area contributed by atoms with Gasteiger partial charge in [-0.2, -0.15) is 0 Å². The highest BCUT2D eigenvalue weighted by molar-refractivity contribution is 5.69. The van der Waals surface area contributed by atoms with Crippen molar-refractivity contribution in [3.05, 3.63) is 0 Å². The fourth-order valence-corrected chi connectivity index (χ4v) is 1.31. The van der Waals surface area contributed by atoms with Crippen molar-refractivity contribution in [3.8, 4) is 0 Å². The van der Waals surface area contributed by atoms with Gasteiger partial charge in [0, 0.05) is 6.42 Å². The molecule has 0 amide bonds. The van der Waals surface area contributed by atoms with Crippen LogP contribution in [0.4, 0.5) is 0 Å². The molecule has 0 aliphatic heterocycles. The van der Waals surface area contributed by atoms with Gasteiger partial charge in [-0.3, -0.25) is 4.79 Å². The Labute approximate surface area is 66.9 Å². The molecule has 64 valence electrons. The summed E-state index contributed by atoms with van der Waals surface area (Å²) in [6.07, 6.45) is 2.97. The lowest BCUT2D eigenvalue weighted by atomic mass is 10.0. The number of rotatable bonds is 4. The van der Waals surface area contributed by atoms with Crippen LogP contribution in [0.5, 0.6) is 0 Å². The van der Waals surface area contributed by atoms with Crippen LogP contribution >= 0.6 is 0 Å². The third-order valence-corrected chi connectivity index (χ3v) is 2.25. The second kappa shape index (κ2) is 3.72. The Morgan fingerprint density at radius 1 is 1.73 bits per heavy atom. The van der Waals surface area contributed by atoms with Gasteiger partial charge in [-0.1, -0.05) is 0 Å². The molecule has 1 atom stereocenters. The maximum atomic E-state index is 10.8. The lowest BCUT2D eigenvalue weighted by Crippen LogP contribution is -2.20. The second-order valence-corrected chi connectivity index (χ2v) is 3.11. The zero-order valence-corrected chi connectivity index (χ0v) is 6.88. The van der Waals surface area contributed by atoms with Crippen molar-refractivity contribution >= 4 is 5.97 Å². The van der Waals surface area contributed by atoms with E-state index >= 15 is 0 Å². The summed E-state index contributed by atoms with van der Waals surface area (Å²) in [7, 11) is 1.42. The van der Waals surface area contributed by atoms with E-state index in [-0.39, 0.29) is 5.97 Å². The first-order chi connectivity index (χ1) is 5.27. The zero-order valence-electron chi connectivity index (χ0n) is 6.88. The van der Waals surface area contributed by atoms with E-state index in [1.54, 1.807) is 0 Å². The maximum absolute atomic E-state index is 10.8. The summed E-state index contributed by atoms with van der Waals surface area (Å²) in [5.41, 5.74) is 5.51. The topological polar surface area (TPSA) is 52.3 Å². The molecular weight excluding hydrogens is 142 g/mol. The van der Waals surface area contributed by atoms with Crippen molar-refractivity contribution in [2.75, 3.05) is 13.7 Å². The van der Waals surface area contributed by atoms with Gasteiger partial charge in [-0.25, -0.2) is 0 Å². The van der Waals surface area contributed by atoms with Gasteiger partial charge in [0.05, 0.1) is 7.11 Å². The summed E-state index contributed by atoms with van der Waals surface area (Å²) in [5.74, 6) is 0.925. The van der Waals surface area contributed by atoms with Crippen molar-refractivity contribution in [3.63, 3.8) is 0 Å². The normalized spacial score (nSPS) is 19.5. The van der Waals surface area contributed by atoms with E-state index in [2.05, 4.69) is 4.74 Å². The first-order valence-corrected chi connectivity index (χ1v) is 4.04. The number of carbonyl (C=O) groups is 1. The van der Waals surface area contributed by atoms with Crippen LogP contribution in [0, 0.1) is 11.8 Å². The van der Waals surface area contributed by atoms with Crippen LogP contribution in [-0.4, -0.2) is 19.6 Å². The van der Waals surface area contributed by atoms with Crippen molar-refractivity contribution in [1.82, 2.24) is 0 Å². The van der Waals surface area contributed by atoms with E-state index in [1.165, 1.54) is 20.0 Å². The molecule has 2 N–H and O–H groups in total. The Balaban J connectivity index is 2.25. The third kappa shape index (κ3) is 2.50. The van der Waals surface area contributed by atoms with Gasteiger partial charge in [0.1, 0.15) is 0 Å². The van der Waals surface area contributed by atoms with E-state index in [9.17, 15) is 4.79 Å². The minimum absolute atomic E-state index is 0.132. The molecular formula is C8H15NO2. The molecule has 0 aromatic rings. The van der Waals surface area contributed by atoms with Gasteiger partial charge < -0.3 is 10.5 Å². The van der Waals surface area contributed by atoms with Crippen molar-refractivity contribution in [2.24, 2.45) is 17.6 Å². The highest BCUT2D eigenvalue weighted by Gasteiger charge is 2.31. The highest BCUT2D eigenvalue weighted by atomic mass is 16.5. The smallest absolute Gasteiger partial charge is 0.305 e. The Kier molecular flexibility index (Phi) is 2.88. The summed E-state index contributed by atoms with van der Waals surface area (Å²) in [5, 5.41) is 0. The quantitative estimate of drug-likeness (QED) is 0.606. The minimum atomic E-state index is -0.132. The molecule has 0 spiro atoms. The van der Waals surface area contributed by atoms with Crippen molar-refractivity contribution < 1.29 is 9.53 Å². The third-order valence-electron chi connectivity index (χ3n) is 2.25. The summed E-state index contributed by atoms with van der Waals surface area (Å²) in [6, 6.07) is 0. The van der Waals surface area contributed by atoms with E-state index in [0.29, 0.717) is 24.8 Å². The number of ether oxygens (including phenoxy) is 1. The average Bonchev–Trinajstić information content (AvgIpc) is 2.82. The van der Waals surface area contributed by atoms with Crippen molar-refractivity contribution in [1.29, 1.82) is 0 Å². The van der Waals surface area contributed by atoms with E-state index in [0.717, 1.165) is 0 Å². The predicted octanol–water partition coefficient (Wildman–Crippen LogP) is 0.534. The molecule has 1 saturated carbocycles.